The summed E-state index contributed by atoms with van der Waals surface area (Å²) < 4.78 is 23.9. The van der Waals surface area contributed by atoms with E-state index in [1.165, 1.54) is 0 Å². The highest BCUT2D eigenvalue weighted by Gasteiger charge is 2.28. The predicted molar refractivity (Wildman–Crippen MR) is 90.8 cm³/mol. The molecule has 112 valence electrons. The van der Waals surface area contributed by atoms with Gasteiger partial charge in [-0.1, -0.05) is 0 Å². The van der Waals surface area contributed by atoms with Gasteiger partial charge in [0.05, 0.1) is 26.7 Å². The summed E-state index contributed by atoms with van der Waals surface area (Å²) in [5.41, 5.74) is 1.85. The molecule has 3 rings (SSSR count). The van der Waals surface area contributed by atoms with E-state index >= 15 is 0 Å². The number of anilines is 1. The van der Waals surface area contributed by atoms with Crippen LogP contribution in [0.5, 0.6) is 0 Å². The van der Waals surface area contributed by atoms with Gasteiger partial charge in [0.2, 0.25) is 0 Å². The van der Waals surface area contributed by atoms with Gasteiger partial charge in [-0.15, -0.1) is 11.3 Å². The predicted octanol–water partition coefficient (Wildman–Crippen LogP) is 2.08. The summed E-state index contributed by atoms with van der Waals surface area (Å²) >= 11 is 6.88. The molecule has 0 radical (unpaired) electrons. The van der Waals surface area contributed by atoms with Gasteiger partial charge in [0.1, 0.15) is 0 Å². The van der Waals surface area contributed by atoms with Crippen molar-refractivity contribution in [3.05, 3.63) is 23.2 Å². The SMILES string of the molecule is Cc1nc2ccc(NC(=S)N[C@@H]3CCS(=O)(=O)C3)cc2s1. The summed E-state index contributed by atoms with van der Waals surface area (Å²) in [6.45, 7) is 1.98. The molecule has 1 aliphatic rings. The van der Waals surface area contributed by atoms with Crippen LogP contribution in [0, 0.1) is 6.92 Å². The lowest BCUT2D eigenvalue weighted by molar-refractivity contribution is 0.600. The van der Waals surface area contributed by atoms with Gasteiger partial charge in [-0.3, -0.25) is 0 Å². The summed E-state index contributed by atoms with van der Waals surface area (Å²) in [5.74, 6) is 0.390. The number of aryl methyl sites for hydroxylation is 1. The fraction of sp³-hybridized carbons (Fsp3) is 0.385. The molecule has 1 aliphatic heterocycles. The lowest BCUT2D eigenvalue weighted by Gasteiger charge is -2.14. The van der Waals surface area contributed by atoms with Gasteiger partial charge in [0.25, 0.3) is 0 Å². The van der Waals surface area contributed by atoms with Crippen LogP contribution in [-0.2, 0) is 9.84 Å². The molecule has 1 saturated heterocycles. The molecule has 0 amide bonds. The standard InChI is InChI=1S/C13H15N3O2S3/c1-8-14-11-3-2-9(6-12(11)20-8)15-13(19)16-10-4-5-21(17,18)7-10/h2-3,6,10H,4-5,7H2,1H3,(H2,15,16,19)/t10-/m1/s1. The molecule has 2 N–H and O–H groups in total. The fourth-order valence-electron chi connectivity index (χ4n) is 2.38. The zero-order chi connectivity index (χ0) is 15.0. The number of benzene rings is 1. The third-order valence-corrected chi connectivity index (χ3v) is 6.24. The van der Waals surface area contributed by atoms with Crippen molar-refractivity contribution in [2.24, 2.45) is 0 Å². The Morgan fingerprint density at radius 3 is 3.00 bits per heavy atom. The Bertz CT molecular complexity index is 798. The highest BCUT2D eigenvalue weighted by atomic mass is 32.2. The third-order valence-electron chi connectivity index (χ3n) is 3.32. The van der Waals surface area contributed by atoms with E-state index in [0.29, 0.717) is 11.5 Å². The Morgan fingerprint density at radius 2 is 2.29 bits per heavy atom. The second kappa shape index (κ2) is 5.51. The molecular formula is C13H15N3O2S3. The molecule has 0 spiro atoms. The number of fused-ring (bicyclic) bond motifs is 1. The van der Waals surface area contributed by atoms with Crippen LogP contribution in [0.3, 0.4) is 0 Å². The first-order valence-electron chi connectivity index (χ1n) is 6.56. The summed E-state index contributed by atoms with van der Waals surface area (Å²) in [6, 6.07) is 5.77. The Balaban J connectivity index is 1.66. The van der Waals surface area contributed by atoms with Gasteiger partial charge in [-0.05, 0) is 43.8 Å². The van der Waals surface area contributed by atoms with Crippen LogP contribution < -0.4 is 10.6 Å². The third kappa shape index (κ3) is 3.50. The van der Waals surface area contributed by atoms with Gasteiger partial charge < -0.3 is 10.6 Å². The summed E-state index contributed by atoms with van der Waals surface area (Å²) in [4.78, 5) is 4.41. The van der Waals surface area contributed by atoms with Gasteiger partial charge in [-0.2, -0.15) is 0 Å². The first-order valence-corrected chi connectivity index (χ1v) is 9.61. The van der Waals surface area contributed by atoms with Crippen LogP contribution in [0.25, 0.3) is 10.2 Å². The van der Waals surface area contributed by atoms with E-state index in [1.54, 1.807) is 11.3 Å². The minimum atomic E-state index is -2.90. The molecular weight excluding hydrogens is 326 g/mol. The molecule has 2 heterocycles. The second-order valence-corrected chi connectivity index (χ2v) is 8.99. The average molecular weight is 341 g/mol. The number of hydrogen-bond donors (Lipinski definition) is 2. The topological polar surface area (TPSA) is 71.1 Å². The Kier molecular flexibility index (Phi) is 3.85. The van der Waals surface area contributed by atoms with Gasteiger partial charge in [0.15, 0.2) is 14.9 Å². The maximum atomic E-state index is 11.4. The molecule has 0 unspecified atom stereocenters. The van der Waals surface area contributed by atoms with Crippen LogP contribution in [0.2, 0.25) is 0 Å². The van der Waals surface area contributed by atoms with E-state index < -0.39 is 9.84 Å². The van der Waals surface area contributed by atoms with E-state index in [-0.39, 0.29) is 17.5 Å². The van der Waals surface area contributed by atoms with Crippen molar-refractivity contribution in [3.63, 3.8) is 0 Å². The number of nitrogens with one attached hydrogen (secondary N) is 2. The maximum absolute atomic E-state index is 11.4. The first-order chi connectivity index (χ1) is 9.91. The van der Waals surface area contributed by atoms with Crippen molar-refractivity contribution in [2.75, 3.05) is 16.8 Å². The van der Waals surface area contributed by atoms with Crippen molar-refractivity contribution >= 4 is 54.4 Å². The number of sulfone groups is 1. The molecule has 0 aliphatic carbocycles. The molecule has 8 heteroatoms. The summed E-state index contributed by atoms with van der Waals surface area (Å²) in [7, 11) is -2.90. The van der Waals surface area contributed by atoms with Crippen LogP contribution in [0.4, 0.5) is 5.69 Å². The van der Waals surface area contributed by atoms with Crippen LogP contribution in [0.1, 0.15) is 11.4 Å². The Labute approximate surface area is 132 Å². The maximum Gasteiger partial charge on any atom is 0.171 e. The van der Waals surface area contributed by atoms with Crippen LogP contribution in [-0.4, -0.2) is 36.1 Å². The van der Waals surface area contributed by atoms with Crippen molar-refractivity contribution < 1.29 is 8.42 Å². The quantitative estimate of drug-likeness (QED) is 0.815. The molecule has 1 aromatic carbocycles. The molecule has 1 aromatic heterocycles. The Hall–Kier alpha value is -1.25. The second-order valence-electron chi connectivity index (χ2n) is 5.11. The first kappa shape index (κ1) is 14.7. The number of thiazole rings is 1. The van der Waals surface area contributed by atoms with Crippen molar-refractivity contribution in [1.29, 1.82) is 0 Å². The highest BCUT2D eigenvalue weighted by Crippen LogP contribution is 2.24. The van der Waals surface area contributed by atoms with E-state index in [0.717, 1.165) is 20.9 Å². The number of thiocarbonyl (C=S) groups is 1. The van der Waals surface area contributed by atoms with E-state index in [2.05, 4.69) is 15.6 Å². The molecule has 5 nitrogen and oxygen atoms in total. The molecule has 2 aromatic rings. The zero-order valence-electron chi connectivity index (χ0n) is 11.4. The summed E-state index contributed by atoms with van der Waals surface area (Å²) in [5, 5.41) is 7.65. The smallest absolute Gasteiger partial charge is 0.171 e. The molecule has 21 heavy (non-hydrogen) atoms. The van der Waals surface area contributed by atoms with Crippen LogP contribution >= 0.6 is 23.6 Å². The van der Waals surface area contributed by atoms with Gasteiger partial charge >= 0.3 is 0 Å². The van der Waals surface area contributed by atoms with Crippen molar-refractivity contribution in [3.8, 4) is 0 Å². The van der Waals surface area contributed by atoms with Gasteiger partial charge in [-0.25, -0.2) is 13.4 Å². The number of rotatable bonds is 2. The zero-order valence-corrected chi connectivity index (χ0v) is 13.9. The number of aromatic nitrogens is 1. The molecule has 1 fully saturated rings. The highest BCUT2D eigenvalue weighted by molar-refractivity contribution is 7.91. The monoisotopic (exact) mass is 341 g/mol. The lowest BCUT2D eigenvalue weighted by atomic mass is 10.3. The molecule has 1 atom stereocenters. The van der Waals surface area contributed by atoms with Crippen molar-refractivity contribution in [2.45, 2.75) is 19.4 Å². The molecule has 0 bridgehead atoms. The largest absolute Gasteiger partial charge is 0.359 e. The fourth-order valence-corrected chi connectivity index (χ4v) is 5.20. The van der Waals surface area contributed by atoms with E-state index in [1.807, 2.05) is 25.1 Å². The van der Waals surface area contributed by atoms with Gasteiger partial charge in [0, 0.05) is 11.7 Å². The van der Waals surface area contributed by atoms with E-state index in [9.17, 15) is 8.42 Å². The van der Waals surface area contributed by atoms with Crippen LogP contribution in [0.15, 0.2) is 18.2 Å². The number of nitrogens with zero attached hydrogens (tertiary/aromatic N) is 1. The minimum absolute atomic E-state index is 0.0932. The van der Waals surface area contributed by atoms with E-state index in [4.69, 9.17) is 12.2 Å². The lowest BCUT2D eigenvalue weighted by Crippen LogP contribution is -2.38. The van der Waals surface area contributed by atoms with Crippen molar-refractivity contribution in [1.82, 2.24) is 10.3 Å². The normalized spacial score (nSPS) is 20.5. The minimum Gasteiger partial charge on any atom is -0.359 e. The Morgan fingerprint density at radius 1 is 1.48 bits per heavy atom. The average Bonchev–Trinajstić information content (AvgIpc) is 2.90. The summed E-state index contributed by atoms with van der Waals surface area (Å²) in [6.07, 6.45) is 0.608. The number of hydrogen-bond acceptors (Lipinski definition) is 5. The molecule has 0 saturated carbocycles.